The van der Waals surface area contributed by atoms with Crippen molar-refractivity contribution in [1.82, 2.24) is 10.2 Å². The van der Waals surface area contributed by atoms with Gasteiger partial charge in [-0.25, -0.2) is 8.42 Å². The summed E-state index contributed by atoms with van der Waals surface area (Å²) in [5.41, 5.74) is 1.72. The maximum Gasteiger partial charge on any atom is 0.244 e. The molecule has 0 heterocycles. The van der Waals surface area contributed by atoms with Crippen molar-refractivity contribution in [3.63, 3.8) is 0 Å². The van der Waals surface area contributed by atoms with Gasteiger partial charge in [-0.1, -0.05) is 42.3 Å². The predicted molar refractivity (Wildman–Crippen MR) is 138 cm³/mol. The highest BCUT2D eigenvalue weighted by Gasteiger charge is 2.31. The molecule has 0 fully saturated rings. The first-order valence-corrected chi connectivity index (χ1v) is 13.5. The molecule has 2 amide bonds. The van der Waals surface area contributed by atoms with Crippen LogP contribution in [0.4, 0.5) is 5.69 Å². The summed E-state index contributed by atoms with van der Waals surface area (Å²) in [6, 6.07) is 10.8. The fourth-order valence-corrected chi connectivity index (χ4v) is 4.59. The Bertz CT molecular complexity index is 1120. The molecule has 2 aromatic carbocycles. The molecular weight excluding hydrogens is 497 g/mol. The molecule has 0 aliphatic carbocycles. The lowest BCUT2D eigenvalue weighted by atomic mass is 10.1. The van der Waals surface area contributed by atoms with Crippen LogP contribution in [-0.2, 0) is 26.2 Å². The van der Waals surface area contributed by atoms with E-state index in [1.807, 2.05) is 13.8 Å². The summed E-state index contributed by atoms with van der Waals surface area (Å²) in [6.45, 7) is 6.83. The molecule has 2 aromatic rings. The maximum absolute atomic E-state index is 13.5. The van der Waals surface area contributed by atoms with Crippen LogP contribution in [0.1, 0.15) is 38.3 Å². The van der Waals surface area contributed by atoms with Crippen molar-refractivity contribution < 1.29 is 18.0 Å². The zero-order valence-corrected chi connectivity index (χ0v) is 22.3. The summed E-state index contributed by atoms with van der Waals surface area (Å²) < 4.78 is 26.3. The van der Waals surface area contributed by atoms with Gasteiger partial charge >= 0.3 is 0 Å². The van der Waals surface area contributed by atoms with E-state index in [2.05, 4.69) is 5.32 Å². The molecule has 7 nitrogen and oxygen atoms in total. The third kappa shape index (κ3) is 7.61. The van der Waals surface area contributed by atoms with E-state index in [4.69, 9.17) is 23.2 Å². The summed E-state index contributed by atoms with van der Waals surface area (Å²) in [4.78, 5) is 27.8. The number of amides is 2. The fraction of sp³-hybridized carbons (Fsp3) is 0.417. The van der Waals surface area contributed by atoms with E-state index in [1.165, 1.54) is 4.90 Å². The lowest BCUT2D eigenvalue weighted by Gasteiger charge is -2.32. The first-order valence-electron chi connectivity index (χ1n) is 10.9. The number of rotatable bonds is 10. The number of hydrogen-bond acceptors (Lipinski definition) is 4. The van der Waals surface area contributed by atoms with Crippen LogP contribution in [0.5, 0.6) is 0 Å². The van der Waals surface area contributed by atoms with Crippen molar-refractivity contribution in [3.05, 3.63) is 63.6 Å². The zero-order valence-electron chi connectivity index (χ0n) is 20.0. The lowest BCUT2D eigenvalue weighted by Crippen LogP contribution is -2.52. The fourth-order valence-electron chi connectivity index (χ4n) is 3.33. The summed E-state index contributed by atoms with van der Waals surface area (Å²) in [5.74, 6) is -0.827. The van der Waals surface area contributed by atoms with E-state index in [1.54, 1.807) is 56.3 Å². The second kappa shape index (κ2) is 11.9. The lowest BCUT2D eigenvalue weighted by molar-refractivity contribution is -0.139. The van der Waals surface area contributed by atoms with Crippen molar-refractivity contribution in [3.8, 4) is 0 Å². The molecule has 10 heteroatoms. The number of aryl methyl sites for hydroxylation is 1. The molecule has 0 radical (unpaired) electrons. The molecule has 186 valence electrons. The Balaban J connectivity index is 2.41. The van der Waals surface area contributed by atoms with Crippen LogP contribution >= 0.6 is 23.2 Å². The Morgan fingerprint density at radius 3 is 2.15 bits per heavy atom. The van der Waals surface area contributed by atoms with Gasteiger partial charge in [0.05, 0.1) is 11.9 Å². The minimum absolute atomic E-state index is 0.0633. The molecule has 1 N–H and O–H groups in total. The molecule has 0 bridgehead atoms. The average Bonchev–Trinajstić information content (AvgIpc) is 2.76. The van der Waals surface area contributed by atoms with Gasteiger partial charge < -0.3 is 10.2 Å². The van der Waals surface area contributed by atoms with Crippen molar-refractivity contribution >= 4 is 50.7 Å². The number of nitrogens with zero attached hydrogens (tertiary/aromatic N) is 2. The summed E-state index contributed by atoms with van der Waals surface area (Å²) >= 11 is 12.0. The topological polar surface area (TPSA) is 86.8 Å². The van der Waals surface area contributed by atoms with Crippen LogP contribution in [-0.4, -0.2) is 50.0 Å². The SMILES string of the molecule is CC[C@H](C)NC(=O)[C@H](C)N(Cc1ccc(Cl)cc1)C(=O)CN(c1ccc(Cl)cc1C)S(C)(=O)=O. The molecule has 0 unspecified atom stereocenters. The third-order valence-corrected chi connectivity index (χ3v) is 7.15. The van der Waals surface area contributed by atoms with Gasteiger partial charge in [0.1, 0.15) is 12.6 Å². The Morgan fingerprint density at radius 2 is 1.62 bits per heavy atom. The average molecular weight is 529 g/mol. The number of halogens is 2. The Labute approximate surface area is 212 Å². The second-order valence-corrected chi connectivity index (χ2v) is 11.1. The smallest absolute Gasteiger partial charge is 0.244 e. The molecule has 2 rings (SSSR count). The number of hydrogen-bond donors (Lipinski definition) is 1. The Morgan fingerprint density at radius 1 is 1.03 bits per heavy atom. The number of carbonyl (C=O) groups excluding carboxylic acids is 2. The van der Waals surface area contributed by atoms with Crippen LogP contribution in [0.15, 0.2) is 42.5 Å². The standard InChI is InChI=1S/C24H31Cl2N3O4S/c1-6-17(3)27-24(31)18(4)28(14-19-7-9-20(25)10-8-19)23(30)15-29(34(5,32)33)22-12-11-21(26)13-16(22)2/h7-13,17-18H,6,14-15H2,1-5H3,(H,27,31)/t17-,18-/m0/s1. The highest BCUT2D eigenvalue weighted by atomic mass is 35.5. The Hall–Kier alpha value is -2.29. The van der Waals surface area contributed by atoms with Gasteiger partial charge in [0.25, 0.3) is 0 Å². The van der Waals surface area contributed by atoms with E-state index in [9.17, 15) is 18.0 Å². The van der Waals surface area contributed by atoms with E-state index in [0.29, 0.717) is 21.3 Å². The largest absolute Gasteiger partial charge is 0.352 e. The van der Waals surface area contributed by atoms with Crippen LogP contribution in [0.2, 0.25) is 10.0 Å². The zero-order chi connectivity index (χ0) is 25.6. The minimum Gasteiger partial charge on any atom is -0.352 e. The van der Waals surface area contributed by atoms with Crippen molar-refractivity contribution in [2.24, 2.45) is 0 Å². The van der Waals surface area contributed by atoms with E-state index in [0.717, 1.165) is 22.5 Å². The van der Waals surface area contributed by atoms with Gasteiger partial charge in [-0.05, 0) is 68.7 Å². The van der Waals surface area contributed by atoms with E-state index >= 15 is 0 Å². The predicted octanol–water partition coefficient (Wildman–Crippen LogP) is 4.40. The number of nitrogens with one attached hydrogen (secondary N) is 1. The molecule has 0 saturated heterocycles. The monoisotopic (exact) mass is 527 g/mol. The van der Waals surface area contributed by atoms with Crippen LogP contribution in [0.3, 0.4) is 0 Å². The van der Waals surface area contributed by atoms with Crippen LogP contribution in [0.25, 0.3) is 0 Å². The molecule has 34 heavy (non-hydrogen) atoms. The molecule has 2 atom stereocenters. The number of carbonyl (C=O) groups is 2. The first-order chi connectivity index (χ1) is 15.8. The summed E-state index contributed by atoms with van der Waals surface area (Å²) in [6.07, 6.45) is 1.78. The molecule has 0 aromatic heterocycles. The molecule has 0 spiro atoms. The van der Waals surface area contributed by atoms with Crippen LogP contribution in [0, 0.1) is 6.92 Å². The quantitative estimate of drug-likeness (QED) is 0.495. The highest BCUT2D eigenvalue weighted by molar-refractivity contribution is 7.92. The van der Waals surface area contributed by atoms with E-state index in [-0.39, 0.29) is 18.5 Å². The molecule has 0 aliphatic heterocycles. The maximum atomic E-state index is 13.5. The van der Waals surface area contributed by atoms with Gasteiger partial charge in [0.2, 0.25) is 21.8 Å². The van der Waals surface area contributed by atoms with Gasteiger partial charge in [-0.3, -0.25) is 13.9 Å². The number of benzene rings is 2. The third-order valence-electron chi connectivity index (χ3n) is 5.54. The van der Waals surface area contributed by atoms with Gasteiger partial charge in [0.15, 0.2) is 0 Å². The first kappa shape index (κ1) is 28.0. The summed E-state index contributed by atoms with van der Waals surface area (Å²) in [7, 11) is -3.80. The molecule has 0 saturated carbocycles. The number of sulfonamides is 1. The van der Waals surface area contributed by atoms with Gasteiger partial charge in [-0.15, -0.1) is 0 Å². The van der Waals surface area contributed by atoms with Gasteiger partial charge in [0, 0.05) is 22.6 Å². The second-order valence-electron chi connectivity index (χ2n) is 8.34. The van der Waals surface area contributed by atoms with Gasteiger partial charge in [-0.2, -0.15) is 0 Å². The van der Waals surface area contributed by atoms with Crippen molar-refractivity contribution in [2.45, 2.75) is 52.7 Å². The van der Waals surface area contributed by atoms with Crippen molar-refractivity contribution in [2.75, 3.05) is 17.1 Å². The van der Waals surface area contributed by atoms with Crippen molar-refractivity contribution in [1.29, 1.82) is 0 Å². The van der Waals surface area contributed by atoms with Crippen LogP contribution < -0.4 is 9.62 Å². The van der Waals surface area contributed by atoms with E-state index < -0.39 is 28.5 Å². The number of anilines is 1. The molecular formula is C24H31Cl2N3O4S. The molecule has 0 aliphatic rings. The Kier molecular flexibility index (Phi) is 9.79. The highest BCUT2D eigenvalue weighted by Crippen LogP contribution is 2.26. The minimum atomic E-state index is -3.80. The normalized spacial score (nSPS) is 13.1. The summed E-state index contributed by atoms with van der Waals surface area (Å²) in [5, 5.41) is 3.90.